The van der Waals surface area contributed by atoms with Crippen molar-refractivity contribution in [3.63, 3.8) is 0 Å². The van der Waals surface area contributed by atoms with Crippen LogP contribution in [0.5, 0.6) is 0 Å². The molecular weight excluding hydrogens is 290 g/mol. The lowest BCUT2D eigenvalue weighted by Gasteiger charge is -2.16. The summed E-state index contributed by atoms with van der Waals surface area (Å²) in [5.74, 6) is 0.125. The summed E-state index contributed by atoms with van der Waals surface area (Å²) in [7, 11) is -3.42. The molecule has 1 N–H and O–H groups in total. The first-order chi connectivity index (χ1) is 5.48. The molecule has 0 aromatic heterocycles. The van der Waals surface area contributed by atoms with Gasteiger partial charge in [-0.05, 0) is 13.3 Å². The first kappa shape index (κ1) is 10.7. The molecule has 3 nitrogen and oxygen atoms in total. The minimum atomic E-state index is -3.42. The van der Waals surface area contributed by atoms with Crippen LogP contribution in [0.15, 0.2) is 12.7 Å². The van der Waals surface area contributed by atoms with Gasteiger partial charge in [0.25, 0.3) is 0 Å². The summed E-state index contributed by atoms with van der Waals surface area (Å²) in [5, 5.41) is 0. The van der Waals surface area contributed by atoms with Crippen LogP contribution in [-0.2, 0) is 9.09 Å². The van der Waals surface area contributed by atoms with Crippen LogP contribution in [0.25, 0.3) is 0 Å². The molecule has 0 aliphatic heterocycles. The SMILES string of the molecule is C=C[C@@H]1C[C@]1(I)P(=O)(O)OCC. The largest absolute Gasteiger partial charge is 0.344 e. The average Bonchev–Trinajstić information content (AvgIpc) is 2.63. The standard InChI is InChI=1S/C7H12IO3P/c1-3-6-5-7(6,8)12(9,10)11-4-2/h3,6H,1,4-5H2,2H3,(H,9,10)/t6-,7+/m1/s1. The minimum absolute atomic E-state index is 0.125. The van der Waals surface area contributed by atoms with Gasteiger partial charge in [-0.25, -0.2) is 0 Å². The molecule has 1 rings (SSSR count). The molecule has 1 aliphatic carbocycles. The summed E-state index contributed by atoms with van der Waals surface area (Å²) in [4.78, 5) is 9.49. The highest BCUT2D eigenvalue weighted by atomic mass is 127. The van der Waals surface area contributed by atoms with Crippen molar-refractivity contribution in [2.75, 3.05) is 6.61 Å². The highest BCUT2D eigenvalue weighted by Crippen LogP contribution is 2.75. The van der Waals surface area contributed by atoms with Gasteiger partial charge in [0.2, 0.25) is 0 Å². The van der Waals surface area contributed by atoms with Crippen molar-refractivity contribution in [3.05, 3.63) is 12.7 Å². The fourth-order valence-corrected chi connectivity index (χ4v) is 3.78. The van der Waals surface area contributed by atoms with Gasteiger partial charge in [-0.15, -0.1) is 6.58 Å². The lowest BCUT2D eigenvalue weighted by Crippen LogP contribution is -2.05. The summed E-state index contributed by atoms with van der Waals surface area (Å²) >= 11 is 2.01. The van der Waals surface area contributed by atoms with E-state index < -0.39 is 10.8 Å². The van der Waals surface area contributed by atoms with E-state index in [2.05, 4.69) is 6.58 Å². The van der Waals surface area contributed by atoms with Crippen molar-refractivity contribution in [2.24, 2.45) is 5.92 Å². The molecule has 3 atom stereocenters. The van der Waals surface area contributed by atoms with Gasteiger partial charge in [0.15, 0.2) is 0 Å². The van der Waals surface area contributed by atoms with Crippen LogP contribution in [-0.4, -0.2) is 14.7 Å². The van der Waals surface area contributed by atoms with E-state index in [9.17, 15) is 9.46 Å². The fraction of sp³-hybridized carbons (Fsp3) is 0.714. The Hall–Kier alpha value is 0.620. The Labute approximate surface area is 85.9 Å². The molecule has 12 heavy (non-hydrogen) atoms. The van der Waals surface area contributed by atoms with Crippen molar-refractivity contribution in [1.82, 2.24) is 0 Å². The van der Waals surface area contributed by atoms with Crippen LogP contribution in [0.3, 0.4) is 0 Å². The summed E-state index contributed by atoms with van der Waals surface area (Å²) in [6.07, 6.45) is 2.42. The maximum absolute atomic E-state index is 11.5. The topological polar surface area (TPSA) is 46.5 Å². The molecule has 0 spiro atoms. The molecule has 1 aliphatic rings. The molecule has 70 valence electrons. The van der Waals surface area contributed by atoms with Crippen molar-refractivity contribution in [2.45, 2.75) is 16.5 Å². The third kappa shape index (κ3) is 1.62. The fourth-order valence-electron chi connectivity index (χ4n) is 1.12. The summed E-state index contributed by atoms with van der Waals surface area (Å²) in [6, 6.07) is 0. The van der Waals surface area contributed by atoms with Crippen molar-refractivity contribution in [3.8, 4) is 0 Å². The Morgan fingerprint density at radius 3 is 2.92 bits per heavy atom. The van der Waals surface area contributed by atoms with E-state index in [0.717, 1.165) is 0 Å². The van der Waals surface area contributed by atoms with E-state index in [1.165, 1.54) is 0 Å². The third-order valence-electron chi connectivity index (χ3n) is 1.97. The lowest BCUT2D eigenvalue weighted by molar-refractivity contribution is 0.270. The molecule has 0 bridgehead atoms. The molecule has 1 fully saturated rings. The Bertz CT molecular complexity index is 243. The van der Waals surface area contributed by atoms with E-state index in [-0.39, 0.29) is 12.5 Å². The van der Waals surface area contributed by atoms with Gasteiger partial charge in [0, 0.05) is 5.92 Å². The second-order valence-corrected chi connectivity index (χ2v) is 7.68. The number of allylic oxidation sites excluding steroid dienone is 1. The summed E-state index contributed by atoms with van der Waals surface area (Å²) in [5.41, 5.74) is 0. The molecule has 0 aromatic rings. The number of rotatable bonds is 4. The molecule has 1 unspecified atom stereocenters. The zero-order chi connectivity index (χ0) is 9.41. The molecule has 0 heterocycles. The monoisotopic (exact) mass is 302 g/mol. The Morgan fingerprint density at radius 2 is 2.58 bits per heavy atom. The van der Waals surface area contributed by atoms with Gasteiger partial charge in [-0.2, -0.15) is 0 Å². The smallest absolute Gasteiger partial charge is 0.323 e. The van der Waals surface area contributed by atoms with Crippen molar-refractivity contribution < 1.29 is 14.0 Å². The number of alkyl halides is 1. The van der Waals surface area contributed by atoms with Crippen LogP contribution < -0.4 is 0 Å². The zero-order valence-electron chi connectivity index (χ0n) is 6.86. The van der Waals surface area contributed by atoms with Gasteiger partial charge in [0.05, 0.1) is 6.61 Å². The average molecular weight is 302 g/mol. The molecule has 0 saturated heterocycles. The molecule has 0 radical (unpaired) electrons. The van der Waals surface area contributed by atoms with Gasteiger partial charge >= 0.3 is 7.60 Å². The normalized spacial score (nSPS) is 38.8. The molecule has 5 heteroatoms. The van der Waals surface area contributed by atoms with E-state index in [1.54, 1.807) is 13.0 Å². The molecule has 0 aromatic carbocycles. The van der Waals surface area contributed by atoms with Crippen LogP contribution in [0, 0.1) is 5.92 Å². The molecule has 1 saturated carbocycles. The van der Waals surface area contributed by atoms with E-state index in [1.807, 2.05) is 22.6 Å². The maximum atomic E-state index is 11.5. The number of hydrogen-bond donors (Lipinski definition) is 1. The van der Waals surface area contributed by atoms with Crippen LogP contribution in [0.4, 0.5) is 0 Å². The second-order valence-electron chi connectivity index (χ2n) is 2.80. The summed E-state index contributed by atoms with van der Waals surface area (Å²) in [6.45, 7) is 5.60. The highest BCUT2D eigenvalue weighted by molar-refractivity contribution is 14.1. The first-order valence-corrected chi connectivity index (χ1v) is 6.42. The van der Waals surface area contributed by atoms with Crippen LogP contribution in [0.1, 0.15) is 13.3 Å². The predicted molar refractivity (Wildman–Crippen MR) is 56.5 cm³/mol. The Kier molecular flexibility index (Phi) is 3.04. The first-order valence-electron chi connectivity index (χ1n) is 3.77. The second kappa shape index (κ2) is 3.40. The zero-order valence-corrected chi connectivity index (χ0v) is 9.92. The van der Waals surface area contributed by atoms with E-state index in [4.69, 9.17) is 4.52 Å². The van der Waals surface area contributed by atoms with Gasteiger partial charge in [-0.1, -0.05) is 28.7 Å². The van der Waals surface area contributed by atoms with Gasteiger partial charge in [-0.3, -0.25) is 4.57 Å². The summed E-state index contributed by atoms with van der Waals surface area (Å²) < 4.78 is 15.8. The van der Waals surface area contributed by atoms with E-state index in [0.29, 0.717) is 6.42 Å². The highest BCUT2D eigenvalue weighted by Gasteiger charge is 2.63. The van der Waals surface area contributed by atoms with Crippen LogP contribution in [0.2, 0.25) is 0 Å². The predicted octanol–water partition coefficient (Wildman–Crippen LogP) is 2.55. The number of hydrogen-bond acceptors (Lipinski definition) is 2. The Morgan fingerprint density at radius 1 is 2.00 bits per heavy atom. The molecule has 0 amide bonds. The van der Waals surface area contributed by atoms with Crippen LogP contribution >= 0.6 is 30.2 Å². The minimum Gasteiger partial charge on any atom is -0.323 e. The third-order valence-corrected chi connectivity index (χ3v) is 7.10. The van der Waals surface area contributed by atoms with Gasteiger partial charge < -0.3 is 9.42 Å². The quantitative estimate of drug-likeness (QED) is 0.376. The maximum Gasteiger partial charge on any atom is 0.344 e. The molecular formula is C7H12IO3P. The van der Waals surface area contributed by atoms with Gasteiger partial charge in [0.1, 0.15) is 3.16 Å². The lowest BCUT2D eigenvalue weighted by atomic mass is 10.4. The van der Waals surface area contributed by atoms with Crippen molar-refractivity contribution >= 4 is 30.2 Å². The van der Waals surface area contributed by atoms with Crippen molar-refractivity contribution in [1.29, 1.82) is 0 Å². The number of halogens is 1. The van der Waals surface area contributed by atoms with E-state index >= 15 is 0 Å². The Balaban J connectivity index is 2.70.